The van der Waals surface area contributed by atoms with Crippen LogP contribution in [0.15, 0.2) is 36.5 Å². The molecule has 0 atom stereocenters. The summed E-state index contributed by atoms with van der Waals surface area (Å²) in [6, 6.07) is 7.60. The zero-order chi connectivity index (χ0) is 13.1. The number of carbonyl (C=O) groups is 1. The van der Waals surface area contributed by atoms with Crippen molar-refractivity contribution in [3.63, 3.8) is 0 Å². The highest BCUT2D eigenvalue weighted by atomic mass is 19.1. The van der Waals surface area contributed by atoms with Crippen molar-refractivity contribution in [3.05, 3.63) is 53.6 Å². The van der Waals surface area contributed by atoms with Gasteiger partial charge in [-0.1, -0.05) is 6.07 Å². The van der Waals surface area contributed by atoms with Crippen molar-refractivity contribution in [2.24, 2.45) is 0 Å². The van der Waals surface area contributed by atoms with Crippen LogP contribution in [0.3, 0.4) is 0 Å². The summed E-state index contributed by atoms with van der Waals surface area (Å²) in [5, 5.41) is 11.6. The molecule has 4 nitrogen and oxygen atoms in total. The fourth-order valence-electron chi connectivity index (χ4n) is 1.52. The zero-order valence-electron chi connectivity index (χ0n) is 9.64. The van der Waals surface area contributed by atoms with Gasteiger partial charge in [-0.3, -0.25) is 0 Å². The first kappa shape index (κ1) is 12.0. The van der Waals surface area contributed by atoms with Crippen molar-refractivity contribution in [2.45, 2.75) is 6.92 Å². The van der Waals surface area contributed by atoms with Gasteiger partial charge in [-0.05, 0) is 36.8 Å². The molecule has 5 heteroatoms. The van der Waals surface area contributed by atoms with E-state index in [2.05, 4.69) is 10.3 Å². The number of hydrogen-bond acceptors (Lipinski definition) is 3. The molecule has 2 aromatic rings. The van der Waals surface area contributed by atoms with Gasteiger partial charge < -0.3 is 10.4 Å². The van der Waals surface area contributed by atoms with Crippen molar-refractivity contribution < 1.29 is 14.3 Å². The highest BCUT2D eigenvalue weighted by Crippen LogP contribution is 2.21. The average Bonchev–Trinajstić information content (AvgIpc) is 2.34. The molecule has 92 valence electrons. The van der Waals surface area contributed by atoms with E-state index in [9.17, 15) is 9.18 Å². The first-order chi connectivity index (χ1) is 8.56. The molecule has 0 radical (unpaired) electrons. The number of nitrogens with zero attached hydrogens (tertiary/aromatic N) is 1. The van der Waals surface area contributed by atoms with Gasteiger partial charge in [-0.25, -0.2) is 14.2 Å². The van der Waals surface area contributed by atoms with Crippen LogP contribution in [-0.4, -0.2) is 16.1 Å². The smallest absolute Gasteiger partial charge is 0.354 e. The number of aromatic nitrogens is 1. The maximum Gasteiger partial charge on any atom is 0.354 e. The van der Waals surface area contributed by atoms with E-state index >= 15 is 0 Å². The van der Waals surface area contributed by atoms with Crippen molar-refractivity contribution in [1.29, 1.82) is 0 Å². The average molecular weight is 246 g/mol. The lowest BCUT2D eigenvalue weighted by molar-refractivity contribution is 0.0690. The second-order valence-corrected chi connectivity index (χ2v) is 3.84. The van der Waals surface area contributed by atoms with Gasteiger partial charge in [0.1, 0.15) is 11.5 Å². The number of aryl methyl sites for hydroxylation is 1. The lowest BCUT2D eigenvalue weighted by atomic mass is 10.2. The monoisotopic (exact) mass is 246 g/mol. The Morgan fingerprint density at radius 3 is 2.83 bits per heavy atom. The van der Waals surface area contributed by atoms with Gasteiger partial charge in [0.25, 0.3) is 0 Å². The third kappa shape index (κ3) is 2.63. The Hall–Kier alpha value is -2.43. The quantitative estimate of drug-likeness (QED) is 0.874. The van der Waals surface area contributed by atoms with Crippen LogP contribution in [0.5, 0.6) is 0 Å². The third-order valence-corrected chi connectivity index (χ3v) is 2.38. The minimum atomic E-state index is -1.12. The van der Waals surface area contributed by atoms with Gasteiger partial charge in [0.2, 0.25) is 0 Å². The summed E-state index contributed by atoms with van der Waals surface area (Å²) in [6.45, 7) is 1.85. The van der Waals surface area contributed by atoms with Crippen molar-refractivity contribution in [3.8, 4) is 0 Å². The fourth-order valence-corrected chi connectivity index (χ4v) is 1.52. The summed E-state index contributed by atoms with van der Waals surface area (Å²) in [7, 11) is 0. The molecule has 1 aromatic carbocycles. The maximum absolute atomic E-state index is 13.5. The van der Waals surface area contributed by atoms with Gasteiger partial charge in [0.15, 0.2) is 0 Å². The lowest BCUT2D eigenvalue weighted by Gasteiger charge is -2.08. The van der Waals surface area contributed by atoms with Crippen LogP contribution in [0.2, 0.25) is 0 Å². The topological polar surface area (TPSA) is 62.2 Å². The standard InChI is InChI=1S/C13H11FN2O2/c1-8-2-3-10(14)11(6-8)16-9-4-5-15-12(7-9)13(17)18/h2-7H,1H3,(H,15,16)(H,17,18). The van der Waals surface area contributed by atoms with E-state index in [1.807, 2.05) is 6.92 Å². The van der Waals surface area contributed by atoms with Gasteiger partial charge >= 0.3 is 5.97 Å². The molecule has 0 bridgehead atoms. The molecule has 2 rings (SSSR count). The highest BCUT2D eigenvalue weighted by Gasteiger charge is 2.07. The molecule has 0 unspecified atom stereocenters. The number of halogens is 1. The molecule has 0 saturated carbocycles. The number of pyridine rings is 1. The Kier molecular flexibility index (Phi) is 3.23. The molecule has 0 spiro atoms. The van der Waals surface area contributed by atoms with E-state index < -0.39 is 11.8 Å². The van der Waals surface area contributed by atoms with E-state index in [1.54, 1.807) is 18.2 Å². The van der Waals surface area contributed by atoms with Crippen LogP contribution >= 0.6 is 0 Å². The molecule has 1 aromatic heterocycles. The van der Waals surface area contributed by atoms with Gasteiger partial charge in [-0.2, -0.15) is 0 Å². The Morgan fingerprint density at radius 1 is 1.33 bits per heavy atom. The van der Waals surface area contributed by atoms with Crippen LogP contribution in [-0.2, 0) is 0 Å². The molecule has 0 amide bonds. The summed E-state index contributed by atoms with van der Waals surface area (Å²) < 4.78 is 13.5. The molecule has 1 heterocycles. The number of hydrogen-bond donors (Lipinski definition) is 2. The number of aromatic carboxylic acids is 1. The molecule has 18 heavy (non-hydrogen) atoms. The predicted octanol–water partition coefficient (Wildman–Crippen LogP) is 2.97. The van der Waals surface area contributed by atoms with Crippen LogP contribution in [0, 0.1) is 12.7 Å². The Balaban J connectivity index is 2.31. The number of rotatable bonds is 3. The predicted molar refractivity (Wildman–Crippen MR) is 65.6 cm³/mol. The summed E-state index contributed by atoms with van der Waals surface area (Å²) in [6.07, 6.45) is 1.36. The summed E-state index contributed by atoms with van der Waals surface area (Å²) in [4.78, 5) is 14.4. The van der Waals surface area contributed by atoms with Crippen LogP contribution in [0.1, 0.15) is 16.1 Å². The van der Waals surface area contributed by atoms with Crippen molar-refractivity contribution >= 4 is 17.3 Å². The molecule has 0 saturated heterocycles. The largest absolute Gasteiger partial charge is 0.477 e. The van der Waals surface area contributed by atoms with Gasteiger partial charge in [-0.15, -0.1) is 0 Å². The Morgan fingerprint density at radius 2 is 2.11 bits per heavy atom. The molecule has 0 aliphatic carbocycles. The minimum absolute atomic E-state index is 0.0898. The fraction of sp³-hybridized carbons (Fsp3) is 0.0769. The van der Waals surface area contributed by atoms with E-state index in [-0.39, 0.29) is 5.69 Å². The first-order valence-electron chi connectivity index (χ1n) is 5.29. The second kappa shape index (κ2) is 4.83. The van der Waals surface area contributed by atoms with Crippen LogP contribution < -0.4 is 5.32 Å². The normalized spacial score (nSPS) is 10.1. The van der Waals surface area contributed by atoms with Crippen molar-refractivity contribution in [2.75, 3.05) is 5.32 Å². The highest BCUT2D eigenvalue weighted by molar-refractivity contribution is 5.86. The third-order valence-electron chi connectivity index (χ3n) is 2.38. The van der Waals surface area contributed by atoms with E-state index in [1.165, 1.54) is 18.3 Å². The minimum Gasteiger partial charge on any atom is -0.477 e. The second-order valence-electron chi connectivity index (χ2n) is 3.84. The number of carboxylic acids is 1. The lowest BCUT2D eigenvalue weighted by Crippen LogP contribution is -2.01. The first-order valence-corrected chi connectivity index (χ1v) is 5.29. The number of carboxylic acid groups (broad SMARTS) is 1. The number of anilines is 2. The van der Waals surface area contributed by atoms with E-state index in [0.717, 1.165) is 5.56 Å². The maximum atomic E-state index is 13.5. The van der Waals surface area contributed by atoms with E-state index in [0.29, 0.717) is 11.4 Å². The van der Waals surface area contributed by atoms with Gasteiger partial charge in [0, 0.05) is 11.9 Å². The summed E-state index contributed by atoms with van der Waals surface area (Å²) in [5.74, 6) is -1.52. The number of nitrogens with one attached hydrogen (secondary N) is 1. The zero-order valence-corrected chi connectivity index (χ0v) is 9.64. The molecule has 0 fully saturated rings. The van der Waals surface area contributed by atoms with E-state index in [4.69, 9.17) is 5.11 Å². The SMILES string of the molecule is Cc1ccc(F)c(Nc2ccnc(C(=O)O)c2)c1. The molecule has 2 N–H and O–H groups in total. The molecule has 0 aliphatic heterocycles. The summed E-state index contributed by atoms with van der Waals surface area (Å²) >= 11 is 0. The Bertz CT molecular complexity index is 599. The molecule has 0 aliphatic rings. The van der Waals surface area contributed by atoms with Gasteiger partial charge in [0.05, 0.1) is 5.69 Å². The number of benzene rings is 1. The van der Waals surface area contributed by atoms with Crippen molar-refractivity contribution in [1.82, 2.24) is 4.98 Å². The van der Waals surface area contributed by atoms with Crippen LogP contribution in [0.25, 0.3) is 0 Å². The van der Waals surface area contributed by atoms with Crippen LogP contribution in [0.4, 0.5) is 15.8 Å². The molecular weight excluding hydrogens is 235 g/mol. The Labute approximate surface area is 103 Å². The molecular formula is C13H11FN2O2. The summed E-state index contributed by atoms with van der Waals surface area (Å²) in [5.41, 5.74) is 1.60.